The first kappa shape index (κ1) is 15.8. The van der Waals surface area contributed by atoms with Gasteiger partial charge in [-0.05, 0) is 39.2 Å². The van der Waals surface area contributed by atoms with Gasteiger partial charge < -0.3 is 9.47 Å². The summed E-state index contributed by atoms with van der Waals surface area (Å²) in [6.45, 7) is 7.62. The summed E-state index contributed by atoms with van der Waals surface area (Å²) in [4.78, 5) is 19.1. The van der Waals surface area contributed by atoms with Crippen molar-refractivity contribution in [2.45, 2.75) is 46.0 Å². The molecule has 1 fully saturated rings. The van der Waals surface area contributed by atoms with E-state index >= 15 is 0 Å². The number of nitrogens with zero attached hydrogens (tertiary/aromatic N) is 4. The molecule has 1 aliphatic rings. The highest BCUT2D eigenvalue weighted by atomic mass is 16.2. The van der Waals surface area contributed by atoms with Gasteiger partial charge in [-0.1, -0.05) is 0 Å². The van der Waals surface area contributed by atoms with Crippen molar-refractivity contribution >= 4 is 5.91 Å². The van der Waals surface area contributed by atoms with Crippen molar-refractivity contribution in [2.75, 3.05) is 13.1 Å². The predicted octanol–water partition coefficient (Wildman–Crippen LogP) is 2.02. The molecule has 1 saturated heterocycles. The maximum Gasteiger partial charge on any atom is 0.222 e. The molecule has 0 unspecified atom stereocenters. The number of likely N-dealkylation sites (tertiary alicyclic amines) is 1. The molecule has 6 heteroatoms. The minimum Gasteiger partial charge on any atom is -0.342 e. The standard InChI is InChI=1S/C17H25N5O/c1-11-9-21(4)17(18-11)14-7-8-22(10-14)16(23)6-5-15-12(2)19-20-13(15)3/h9,14H,5-8,10H2,1-4H3,(H,19,20)/t14-/m1/s1. The maximum atomic E-state index is 12.5. The third kappa shape index (κ3) is 3.16. The molecule has 23 heavy (non-hydrogen) atoms. The molecule has 0 radical (unpaired) electrons. The number of rotatable bonds is 4. The van der Waals surface area contributed by atoms with Gasteiger partial charge in [-0.3, -0.25) is 9.89 Å². The molecule has 2 aromatic heterocycles. The summed E-state index contributed by atoms with van der Waals surface area (Å²) < 4.78 is 2.09. The molecule has 3 heterocycles. The average Bonchev–Trinajstić information content (AvgIpc) is 3.18. The van der Waals surface area contributed by atoms with E-state index in [4.69, 9.17) is 0 Å². The first-order chi connectivity index (χ1) is 11.0. The lowest BCUT2D eigenvalue weighted by molar-refractivity contribution is -0.130. The van der Waals surface area contributed by atoms with Gasteiger partial charge >= 0.3 is 0 Å². The number of hydrogen-bond donors (Lipinski definition) is 1. The average molecular weight is 315 g/mol. The van der Waals surface area contributed by atoms with Crippen LogP contribution in [-0.4, -0.2) is 43.6 Å². The van der Waals surface area contributed by atoms with Gasteiger partial charge in [0.05, 0.1) is 11.4 Å². The van der Waals surface area contributed by atoms with Crippen LogP contribution in [0, 0.1) is 20.8 Å². The largest absolute Gasteiger partial charge is 0.342 e. The van der Waals surface area contributed by atoms with E-state index < -0.39 is 0 Å². The van der Waals surface area contributed by atoms with Crippen LogP contribution in [0.5, 0.6) is 0 Å². The Hall–Kier alpha value is -2.11. The summed E-state index contributed by atoms with van der Waals surface area (Å²) in [5.74, 6) is 1.69. The van der Waals surface area contributed by atoms with Crippen LogP contribution in [-0.2, 0) is 18.3 Å². The highest BCUT2D eigenvalue weighted by Crippen LogP contribution is 2.27. The summed E-state index contributed by atoms with van der Waals surface area (Å²) in [5.41, 5.74) is 4.28. The number of aromatic nitrogens is 4. The Labute approximate surface area is 136 Å². The molecule has 0 aliphatic carbocycles. The first-order valence-corrected chi connectivity index (χ1v) is 8.23. The molecule has 1 N–H and O–H groups in total. The smallest absolute Gasteiger partial charge is 0.222 e. The summed E-state index contributed by atoms with van der Waals surface area (Å²) in [6, 6.07) is 0. The number of H-pyrrole nitrogens is 1. The number of nitrogens with one attached hydrogen (secondary N) is 1. The van der Waals surface area contributed by atoms with Crippen LogP contribution in [0.15, 0.2) is 6.20 Å². The van der Waals surface area contributed by atoms with Crippen LogP contribution < -0.4 is 0 Å². The fraction of sp³-hybridized carbons (Fsp3) is 0.588. The van der Waals surface area contributed by atoms with Crippen molar-refractivity contribution in [3.8, 4) is 0 Å². The zero-order chi connectivity index (χ0) is 16.6. The van der Waals surface area contributed by atoms with Gasteiger partial charge in [-0.25, -0.2) is 4.98 Å². The molecular formula is C17H25N5O. The summed E-state index contributed by atoms with van der Waals surface area (Å²) in [6.07, 6.45) is 4.35. The molecule has 0 spiro atoms. The van der Waals surface area contributed by atoms with Crippen molar-refractivity contribution in [3.05, 3.63) is 34.7 Å². The van der Waals surface area contributed by atoms with E-state index in [-0.39, 0.29) is 5.91 Å². The lowest BCUT2D eigenvalue weighted by Crippen LogP contribution is -2.29. The number of carbonyl (C=O) groups is 1. The van der Waals surface area contributed by atoms with E-state index in [0.29, 0.717) is 12.3 Å². The van der Waals surface area contributed by atoms with E-state index in [0.717, 1.165) is 48.8 Å². The van der Waals surface area contributed by atoms with Crippen LogP contribution in [0.2, 0.25) is 0 Å². The zero-order valence-electron chi connectivity index (χ0n) is 14.4. The van der Waals surface area contributed by atoms with E-state index in [1.165, 1.54) is 5.56 Å². The van der Waals surface area contributed by atoms with Gasteiger partial charge in [0.15, 0.2) is 0 Å². The molecule has 3 rings (SSSR count). The second-order valence-corrected chi connectivity index (χ2v) is 6.59. The number of amides is 1. The molecule has 0 saturated carbocycles. The predicted molar refractivity (Wildman–Crippen MR) is 88.3 cm³/mol. The zero-order valence-corrected chi connectivity index (χ0v) is 14.4. The van der Waals surface area contributed by atoms with Crippen LogP contribution in [0.1, 0.15) is 47.2 Å². The van der Waals surface area contributed by atoms with E-state index in [9.17, 15) is 4.79 Å². The molecule has 1 atom stereocenters. The van der Waals surface area contributed by atoms with E-state index in [2.05, 4.69) is 19.7 Å². The SMILES string of the molecule is Cc1cn(C)c([C@@H]2CCN(C(=O)CCc3c(C)n[nH]c3C)C2)n1. The fourth-order valence-corrected chi connectivity index (χ4v) is 3.54. The highest BCUT2D eigenvalue weighted by Gasteiger charge is 2.29. The number of aryl methyl sites for hydroxylation is 4. The second kappa shape index (κ2) is 6.18. The molecular weight excluding hydrogens is 290 g/mol. The normalized spacial score (nSPS) is 17.9. The number of imidazole rings is 1. The summed E-state index contributed by atoms with van der Waals surface area (Å²) in [7, 11) is 2.03. The summed E-state index contributed by atoms with van der Waals surface area (Å²) in [5, 5.41) is 7.18. The fourth-order valence-electron chi connectivity index (χ4n) is 3.54. The second-order valence-electron chi connectivity index (χ2n) is 6.59. The molecule has 2 aromatic rings. The van der Waals surface area contributed by atoms with Crippen molar-refractivity contribution in [2.24, 2.45) is 7.05 Å². The van der Waals surface area contributed by atoms with Gasteiger partial charge in [0.25, 0.3) is 0 Å². The Kier molecular flexibility index (Phi) is 4.24. The number of aromatic amines is 1. The maximum absolute atomic E-state index is 12.5. The third-order valence-electron chi connectivity index (χ3n) is 4.81. The Balaban J connectivity index is 1.58. The lowest BCUT2D eigenvalue weighted by atomic mass is 10.1. The Morgan fingerprint density at radius 2 is 2.17 bits per heavy atom. The van der Waals surface area contributed by atoms with E-state index in [1.54, 1.807) is 0 Å². The van der Waals surface area contributed by atoms with E-state index in [1.807, 2.05) is 38.9 Å². The van der Waals surface area contributed by atoms with Crippen molar-refractivity contribution in [3.63, 3.8) is 0 Å². The van der Waals surface area contributed by atoms with Crippen molar-refractivity contribution < 1.29 is 4.79 Å². The topological polar surface area (TPSA) is 66.8 Å². The molecule has 1 aliphatic heterocycles. The highest BCUT2D eigenvalue weighted by molar-refractivity contribution is 5.77. The third-order valence-corrected chi connectivity index (χ3v) is 4.81. The molecule has 1 amide bonds. The van der Waals surface area contributed by atoms with Crippen molar-refractivity contribution in [1.82, 2.24) is 24.6 Å². The number of hydrogen-bond acceptors (Lipinski definition) is 3. The Morgan fingerprint density at radius 3 is 2.78 bits per heavy atom. The molecule has 0 bridgehead atoms. The Morgan fingerprint density at radius 1 is 1.39 bits per heavy atom. The van der Waals surface area contributed by atoms with Crippen LogP contribution in [0.3, 0.4) is 0 Å². The Bertz CT molecular complexity index is 695. The van der Waals surface area contributed by atoms with Gasteiger partial charge in [0, 0.05) is 44.4 Å². The molecule has 0 aromatic carbocycles. The summed E-state index contributed by atoms with van der Waals surface area (Å²) >= 11 is 0. The van der Waals surface area contributed by atoms with Gasteiger partial charge in [0.1, 0.15) is 5.82 Å². The molecule has 6 nitrogen and oxygen atoms in total. The molecule has 124 valence electrons. The van der Waals surface area contributed by atoms with Gasteiger partial charge in [-0.15, -0.1) is 0 Å². The first-order valence-electron chi connectivity index (χ1n) is 8.23. The van der Waals surface area contributed by atoms with Gasteiger partial charge in [-0.2, -0.15) is 5.10 Å². The minimum absolute atomic E-state index is 0.235. The van der Waals surface area contributed by atoms with Crippen LogP contribution in [0.4, 0.5) is 0 Å². The minimum atomic E-state index is 0.235. The lowest BCUT2D eigenvalue weighted by Gasteiger charge is -2.16. The van der Waals surface area contributed by atoms with Gasteiger partial charge in [0.2, 0.25) is 5.91 Å². The monoisotopic (exact) mass is 315 g/mol. The van der Waals surface area contributed by atoms with Crippen molar-refractivity contribution in [1.29, 1.82) is 0 Å². The van der Waals surface area contributed by atoms with Crippen LogP contribution in [0.25, 0.3) is 0 Å². The van der Waals surface area contributed by atoms with Crippen LogP contribution >= 0.6 is 0 Å². The quantitative estimate of drug-likeness (QED) is 0.938. The number of carbonyl (C=O) groups excluding carboxylic acids is 1.